The molecular weight excluding hydrogens is 1320 g/mol. The molecule has 6 aliphatic heterocycles. The van der Waals surface area contributed by atoms with Gasteiger partial charge in [-0.05, 0) is 94.6 Å². The van der Waals surface area contributed by atoms with Gasteiger partial charge >= 0.3 is 17.9 Å². The van der Waals surface area contributed by atoms with E-state index in [4.69, 9.17) is 79.4 Å². The summed E-state index contributed by atoms with van der Waals surface area (Å²) in [6.45, 7) is 11.8. The van der Waals surface area contributed by atoms with Crippen LogP contribution in [-0.2, 0) is 67.0 Å². The van der Waals surface area contributed by atoms with Gasteiger partial charge in [-0.15, -0.1) is 0 Å². The molecule has 0 aliphatic carbocycles. The van der Waals surface area contributed by atoms with Gasteiger partial charge in [0.2, 0.25) is 35.4 Å². The molecule has 498 valence electrons. The third-order valence-electron chi connectivity index (χ3n) is 16.5. The Kier molecular flexibility index (Phi) is 24.7. The Hall–Kier alpha value is -6.96. The first-order chi connectivity index (χ1) is 43.3. The average molecular weight is 1400 g/mol. The van der Waals surface area contributed by atoms with Crippen molar-refractivity contribution in [2.45, 2.75) is 120 Å². The summed E-state index contributed by atoms with van der Waals surface area (Å²) in [5.41, 5.74) is -2.28. The summed E-state index contributed by atoms with van der Waals surface area (Å²) >= 11 is 36.4. The van der Waals surface area contributed by atoms with E-state index >= 15 is 0 Å². The minimum absolute atomic E-state index is 0.0116. The number of Topliss-reactive ketones (excluding diaryl/α,β-unsaturated/α-hetero) is 3. The van der Waals surface area contributed by atoms with Crippen LogP contribution in [0.4, 0.5) is 17.1 Å². The third-order valence-corrected chi connectivity index (χ3v) is 17.8. The molecule has 3 aromatic rings. The van der Waals surface area contributed by atoms with Crippen LogP contribution in [0, 0.1) is 0 Å². The molecule has 6 aliphatic rings. The number of benzene rings is 3. The van der Waals surface area contributed by atoms with Gasteiger partial charge in [0.25, 0.3) is 0 Å². The van der Waals surface area contributed by atoms with Gasteiger partial charge in [0.05, 0.1) is 45.6 Å². The molecule has 0 radical (unpaired) electrons. The molecule has 9 rings (SSSR count). The molecule has 0 bridgehead atoms. The molecule has 6 amide bonds. The highest BCUT2D eigenvalue weighted by molar-refractivity contribution is 6.36. The summed E-state index contributed by atoms with van der Waals surface area (Å²) < 4.78 is 9.99. The summed E-state index contributed by atoms with van der Waals surface area (Å²) in [5.74, 6) is -5.43. The summed E-state index contributed by atoms with van der Waals surface area (Å²) in [6, 6.07) is 15.9. The Balaban J connectivity index is 0.000000196. The SMILES string of the molecule is CC(C)(C)OC(=O)CC1(CCC(=O)N2CCN(c3cc(Cl)cc(Cl)c3)CC2)NC(=O)CC1=O.COC(=O)CC1(CCC(=O)N2CCN(c3cc(Cl)cc(Cl)c3)CC2)NC(=O)CC1=O.O=C(O)CC1(CCC(=O)N2CCN(c3cc(Cl)cc(Cl)c3)CC2)NC(=O)CC1=O. The Morgan fingerprint density at radius 2 is 0.696 bits per heavy atom. The van der Waals surface area contributed by atoms with Crippen molar-refractivity contribution in [1.82, 2.24) is 30.7 Å². The fourth-order valence-corrected chi connectivity index (χ4v) is 13.4. The van der Waals surface area contributed by atoms with E-state index in [0.717, 1.165) is 17.1 Å². The predicted molar refractivity (Wildman–Crippen MR) is 344 cm³/mol. The fourth-order valence-electron chi connectivity index (χ4n) is 11.8. The number of amides is 6. The van der Waals surface area contributed by atoms with Crippen molar-refractivity contribution in [3.8, 4) is 0 Å². The van der Waals surface area contributed by atoms with E-state index in [1.165, 1.54) is 7.11 Å². The van der Waals surface area contributed by atoms with Gasteiger partial charge in [-0.3, -0.25) is 57.5 Å². The summed E-state index contributed by atoms with van der Waals surface area (Å²) in [4.78, 5) is 157. The van der Waals surface area contributed by atoms with Crippen molar-refractivity contribution in [1.29, 1.82) is 0 Å². The molecule has 0 aromatic heterocycles. The molecule has 0 spiro atoms. The number of hydrogen-bond acceptors (Lipinski definition) is 17. The van der Waals surface area contributed by atoms with Crippen molar-refractivity contribution in [3.05, 3.63) is 84.7 Å². The molecule has 3 unspecified atom stereocenters. The van der Waals surface area contributed by atoms with Crippen molar-refractivity contribution in [2.24, 2.45) is 0 Å². The maximum absolute atomic E-state index is 12.9. The zero-order valence-corrected chi connectivity index (χ0v) is 55.8. The lowest BCUT2D eigenvalue weighted by Gasteiger charge is -2.37. The van der Waals surface area contributed by atoms with Gasteiger partial charge in [0.15, 0.2) is 17.3 Å². The van der Waals surface area contributed by atoms with E-state index in [1.54, 1.807) is 53.7 Å². The Labute approximate surface area is 562 Å². The number of nitrogens with one attached hydrogen (secondary N) is 3. The average Bonchev–Trinajstić information content (AvgIpc) is 2.41. The summed E-state index contributed by atoms with van der Waals surface area (Å²) in [6.07, 6.45) is -1.83. The standard InChI is InChI=1S/C23H29Cl2N3O5.C20H23Cl2N3O5.C19H21Cl2N3O5/c1-22(2,3)33-21(32)14-23(18(29)13-19(30)26-23)5-4-20(31)28-8-6-27(7-9-28)17-11-15(24)10-16(25)12-17;1-30-19(29)12-20(16(26)11-17(27)23-20)3-2-18(28)25-6-4-24(5-7-25)15-9-13(21)8-14(22)10-15;20-12-7-13(21)9-14(8-12)23-3-5-24(6-4-23)17(27)1-2-19(11-18(28)29)15(25)10-16(26)22-19/h10-12H,4-9,13-14H2,1-3H3,(H,26,30);8-10H,2-7,11-12H2,1H3,(H,23,27);7-9H,1-6,10-11H2,(H,22,26)(H,28,29). The minimum Gasteiger partial charge on any atom is -0.481 e. The molecule has 6 saturated heterocycles. The molecule has 92 heavy (non-hydrogen) atoms. The monoisotopic (exact) mass is 1390 g/mol. The van der Waals surface area contributed by atoms with Crippen LogP contribution in [-0.4, -0.2) is 198 Å². The van der Waals surface area contributed by atoms with E-state index in [9.17, 15) is 57.5 Å². The first-order valence-corrected chi connectivity index (χ1v) is 32.0. The van der Waals surface area contributed by atoms with Gasteiger partial charge in [0.1, 0.15) is 22.2 Å². The Morgan fingerprint density at radius 3 is 0.924 bits per heavy atom. The van der Waals surface area contributed by atoms with Gasteiger partial charge in [-0.1, -0.05) is 69.6 Å². The normalized spacial score (nSPS) is 21.6. The van der Waals surface area contributed by atoms with Crippen molar-refractivity contribution >= 4 is 157 Å². The lowest BCUT2D eigenvalue weighted by molar-refractivity contribution is -0.158. The highest BCUT2D eigenvalue weighted by Crippen LogP contribution is 2.33. The van der Waals surface area contributed by atoms with Crippen LogP contribution in [0.25, 0.3) is 0 Å². The Morgan fingerprint density at radius 1 is 0.435 bits per heavy atom. The predicted octanol–water partition coefficient (Wildman–Crippen LogP) is 6.52. The Bertz CT molecular complexity index is 3310. The topological polar surface area (TPSA) is 299 Å². The molecule has 3 atom stereocenters. The number of carboxylic acids is 1. The maximum atomic E-state index is 12.9. The molecule has 0 saturated carbocycles. The summed E-state index contributed by atoms with van der Waals surface area (Å²) in [5, 5.41) is 20.1. The first-order valence-electron chi connectivity index (χ1n) is 29.8. The number of halogens is 6. The number of carboxylic acid groups (broad SMARTS) is 1. The second kappa shape index (κ2) is 31.3. The quantitative estimate of drug-likeness (QED) is 0.0778. The lowest BCUT2D eigenvalue weighted by Crippen LogP contribution is -2.51. The minimum atomic E-state index is -1.49. The number of rotatable bonds is 18. The van der Waals surface area contributed by atoms with Crippen LogP contribution in [0.3, 0.4) is 0 Å². The van der Waals surface area contributed by atoms with Crippen molar-refractivity contribution < 1.29 is 72.1 Å². The molecule has 6 fully saturated rings. The largest absolute Gasteiger partial charge is 0.481 e. The number of anilines is 3. The van der Waals surface area contributed by atoms with Gasteiger partial charge in [-0.2, -0.15) is 0 Å². The number of carbonyl (C=O) groups is 12. The molecular formula is C62H73Cl6N9O15. The number of aliphatic carboxylic acids is 1. The van der Waals surface area contributed by atoms with Crippen molar-refractivity contribution in [3.63, 3.8) is 0 Å². The number of nitrogens with zero attached hydrogens (tertiary/aromatic N) is 6. The molecule has 3 aromatic carbocycles. The number of ketones is 3. The zero-order valence-electron chi connectivity index (χ0n) is 51.3. The molecule has 24 nitrogen and oxygen atoms in total. The van der Waals surface area contributed by atoms with Crippen LogP contribution in [0.2, 0.25) is 30.1 Å². The zero-order chi connectivity index (χ0) is 67.5. The smallest absolute Gasteiger partial charge is 0.309 e. The second-order valence-corrected chi connectivity index (χ2v) is 26.9. The van der Waals surface area contributed by atoms with E-state index in [2.05, 4.69) is 35.4 Å². The number of carbonyl (C=O) groups excluding carboxylic acids is 11. The van der Waals surface area contributed by atoms with E-state index in [-0.39, 0.29) is 99.9 Å². The number of hydrogen-bond donors (Lipinski definition) is 4. The van der Waals surface area contributed by atoms with E-state index in [1.807, 2.05) is 36.4 Å². The van der Waals surface area contributed by atoms with Crippen LogP contribution in [0.15, 0.2) is 54.6 Å². The number of ether oxygens (including phenoxy) is 2. The molecule has 4 N–H and O–H groups in total. The van der Waals surface area contributed by atoms with Gasteiger partial charge in [-0.25, -0.2) is 0 Å². The highest BCUT2D eigenvalue weighted by Gasteiger charge is 2.50. The lowest BCUT2D eigenvalue weighted by atomic mass is 9.86. The molecule has 6 heterocycles. The number of piperazine rings is 3. The highest BCUT2D eigenvalue weighted by atomic mass is 35.5. The fraction of sp³-hybridized carbons (Fsp3) is 0.516. The second-order valence-electron chi connectivity index (χ2n) is 24.3. The van der Waals surface area contributed by atoms with E-state index in [0.29, 0.717) is 109 Å². The third kappa shape index (κ3) is 19.8. The van der Waals surface area contributed by atoms with Crippen LogP contribution < -0.4 is 30.7 Å². The van der Waals surface area contributed by atoms with E-state index < -0.39 is 70.1 Å². The van der Waals surface area contributed by atoms with Crippen molar-refractivity contribution in [2.75, 3.05) is 100 Å². The van der Waals surface area contributed by atoms with Crippen LogP contribution in [0.1, 0.15) is 97.8 Å². The molecule has 30 heteroatoms. The van der Waals surface area contributed by atoms with Crippen LogP contribution >= 0.6 is 69.6 Å². The first kappa shape index (κ1) is 72.5. The summed E-state index contributed by atoms with van der Waals surface area (Å²) in [7, 11) is 1.22. The maximum Gasteiger partial charge on any atom is 0.309 e. The van der Waals surface area contributed by atoms with Crippen LogP contribution in [0.5, 0.6) is 0 Å². The van der Waals surface area contributed by atoms with Gasteiger partial charge in [0, 0.05) is 145 Å². The number of methoxy groups -OCH3 is 1. The number of esters is 2. The van der Waals surface area contributed by atoms with Gasteiger partial charge < -0.3 is 59.9 Å².